The van der Waals surface area contributed by atoms with Gasteiger partial charge in [-0.05, 0) is 24.6 Å². The number of para-hydroxylation sites is 1. The van der Waals surface area contributed by atoms with E-state index >= 15 is 0 Å². The Morgan fingerprint density at radius 2 is 1.95 bits per heavy atom. The van der Waals surface area contributed by atoms with Crippen LogP contribution in [0, 0.1) is 12.7 Å². The smallest absolute Gasteiger partial charge is 0.268 e. The third-order valence-electron chi connectivity index (χ3n) is 3.40. The Morgan fingerprint density at radius 1 is 1.19 bits per heavy atom. The van der Waals surface area contributed by atoms with Gasteiger partial charge in [0.05, 0.1) is 11.1 Å². The van der Waals surface area contributed by atoms with Gasteiger partial charge in [-0.15, -0.1) is 0 Å². The number of hydrogen-bond donors (Lipinski definition) is 1. The maximum Gasteiger partial charge on any atom is 0.268 e. The molecule has 0 atom stereocenters. The van der Waals surface area contributed by atoms with Crippen molar-refractivity contribution in [1.29, 1.82) is 0 Å². The van der Waals surface area contributed by atoms with E-state index in [4.69, 9.17) is 0 Å². The molecule has 0 radical (unpaired) electrons. The van der Waals surface area contributed by atoms with Gasteiger partial charge in [-0.2, -0.15) is 0 Å². The van der Waals surface area contributed by atoms with E-state index in [0.717, 1.165) is 10.6 Å². The van der Waals surface area contributed by atoms with Crippen molar-refractivity contribution in [1.82, 2.24) is 5.06 Å². The first kappa shape index (κ1) is 13.5. The van der Waals surface area contributed by atoms with Gasteiger partial charge in [0, 0.05) is 10.8 Å². The summed E-state index contributed by atoms with van der Waals surface area (Å²) in [5, 5.41) is 11.9. The lowest BCUT2D eigenvalue weighted by Crippen LogP contribution is -2.33. The molecular weight excluding hydrogens is 271 g/mol. The summed E-state index contributed by atoms with van der Waals surface area (Å²) in [6.45, 7) is 1.51. The molecule has 0 saturated heterocycles. The third-order valence-corrected chi connectivity index (χ3v) is 3.40. The first-order valence-electron chi connectivity index (χ1n) is 6.51. The second kappa shape index (κ2) is 5.10. The zero-order valence-corrected chi connectivity index (χ0v) is 11.4. The van der Waals surface area contributed by atoms with Crippen LogP contribution in [0.5, 0.6) is 0 Å². The van der Waals surface area contributed by atoms with Gasteiger partial charge in [-0.25, -0.2) is 14.4 Å². The third kappa shape index (κ3) is 2.32. The fourth-order valence-electron chi connectivity index (χ4n) is 2.44. The molecule has 0 bridgehead atoms. The lowest BCUT2D eigenvalue weighted by atomic mass is 10.1. The molecule has 0 saturated carbocycles. The Morgan fingerprint density at radius 3 is 2.71 bits per heavy atom. The minimum atomic E-state index is -0.473. The van der Waals surface area contributed by atoms with E-state index < -0.39 is 11.7 Å². The molecule has 1 aliphatic rings. The molecule has 0 unspecified atom stereocenters. The van der Waals surface area contributed by atoms with Crippen molar-refractivity contribution in [2.75, 3.05) is 6.54 Å². The van der Waals surface area contributed by atoms with Crippen molar-refractivity contribution in [2.45, 2.75) is 6.92 Å². The van der Waals surface area contributed by atoms with Gasteiger partial charge in [0.1, 0.15) is 12.4 Å². The van der Waals surface area contributed by atoms with Gasteiger partial charge in [-0.1, -0.05) is 30.3 Å². The van der Waals surface area contributed by atoms with E-state index in [1.54, 1.807) is 30.3 Å². The number of rotatable bonds is 1. The molecule has 106 valence electrons. The largest absolute Gasteiger partial charge is 0.288 e. The number of halogens is 1. The average Bonchev–Trinajstić information content (AvgIpc) is 2.56. The molecule has 1 heterocycles. The molecule has 2 aromatic rings. The lowest BCUT2D eigenvalue weighted by Gasteiger charge is -2.18. The van der Waals surface area contributed by atoms with E-state index in [9.17, 15) is 14.4 Å². The monoisotopic (exact) mass is 284 g/mol. The van der Waals surface area contributed by atoms with Crippen LogP contribution < -0.4 is 10.6 Å². The van der Waals surface area contributed by atoms with Gasteiger partial charge in [0.2, 0.25) is 0 Å². The zero-order chi connectivity index (χ0) is 15.0. The Bertz CT molecular complexity index is 846. The predicted octanol–water partition coefficient (Wildman–Crippen LogP) is 1.14. The van der Waals surface area contributed by atoms with E-state index in [1.807, 2.05) is 13.0 Å². The van der Waals surface area contributed by atoms with Crippen LogP contribution in [0.1, 0.15) is 11.1 Å². The summed E-state index contributed by atoms with van der Waals surface area (Å²) >= 11 is 0. The molecule has 0 fully saturated rings. The number of carbonyl (C=O) groups is 1. The summed E-state index contributed by atoms with van der Waals surface area (Å²) in [4.78, 5) is 15.8. The van der Waals surface area contributed by atoms with Crippen LogP contribution in [0.15, 0.2) is 47.5 Å². The molecule has 0 spiro atoms. The molecule has 3 rings (SSSR count). The predicted molar refractivity (Wildman–Crippen MR) is 74.4 cm³/mol. The summed E-state index contributed by atoms with van der Waals surface area (Å²) in [6, 6.07) is 11.5. The molecule has 21 heavy (non-hydrogen) atoms. The number of fused-ring (bicyclic) bond motifs is 1. The van der Waals surface area contributed by atoms with Crippen LogP contribution >= 0.6 is 0 Å². The Balaban J connectivity index is 2.48. The summed E-state index contributed by atoms with van der Waals surface area (Å²) in [6.07, 6.45) is 0. The lowest BCUT2D eigenvalue weighted by molar-refractivity contribution is -0.125. The number of hydroxylamine groups is 2. The number of carbonyl (C=O) groups excluding carboxylic acids is 1. The molecule has 2 aromatic carbocycles. The van der Waals surface area contributed by atoms with Crippen LogP contribution in [0.3, 0.4) is 0 Å². The molecular formula is C16H13FN2O2. The summed E-state index contributed by atoms with van der Waals surface area (Å²) < 4.78 is 14.1. The SMILES string of the molecule is Cc1cccc2c1=NC(=O)CN(O)C=2c1ccccc1F. The minimum absolute atomic E-state index is 0.233. The molecule has 1 aliphatic heterocycles. The second-order valence-electron chi connectivity index (χ2n) is 4.86. The van der Waals surface area contributed by atoms with Crippen molar-refractivity contribution in [2.24, 2.45) is 4.99 Å². The highest BCUT2D eigenvalue weighted by molar-refractivity contribution is 5.82. The highest BCUT2D eigenvalue weighted by Crippen LogP contribution is 2.18. The fourth-order valence-corrected chi connectivity index (χ4v) is 2.44. The Hall–Kier alpha value is -2.53. The highest BCUT2D eigenvalue weighted by Gasteiger charge is 2.20. The van der Waals surface area contributed by atoms with Gasteiger partial charge in [0.25, 0.3) is 5.91 Å². The first-order valence-corrected chi connectivity index (χ1v) is 6.51. The van der Waals surface area contributed by atoms with Crippen molar-refractivity contribution in [3.05, 3.63) is 70.0 Å². The quantitative estimate of drug-likeness (QED) is 0.854. The molecule has 1 amide bonds. The van der Waals surface area contributed by atoms with E-state index in [2.05, 4.69) is 4.99 Å². The molecule has 4 nitrogen and oxygen atoms in total. The Kier molecular flexibility index (Phi) is 3.27. The molecule has 5 heteroatoms. The average molecular weight is 284 g/mol. The van der Waals surface area contributed by atoms with Gasteiger partial charge >= 0.3 is 0 Å². The topological polar surface area (TPSA) is 52.9 Å². The number of nitrogens with zero attached hydrogens (tertiary/aromatic N) is 2. The van der Waals surface area contributed by atoms with E-state index in [0.29, 0.717) is 10.6 Å². The fraction of sp³-hybridized carbons (Fsp3) is 0.125. The van der Waals surface area contributed by atoms with Crippen molar-refractivity contribution in [3.8, 4) is 0 Å². The van der Waals surface area contributed by atoms with Crippen molar-refractivity contribution < 1.29 is 14.4 Å². The van der Waals surface area contributed by atoms with E-state index in [-0.39, 0.29) is 17.8 Å². The van der Waals surface area contributed by atoms with Crippen LogP contribution in [-0.2, 0) is 4.79 Å². The van der Waals surface area contributed by atoms with Crippen LogP contribution in [0.25, 0.3) is 5.70 Å². The van der Waals surface area contributed by atoms with Gasteiger partial charge < -0.3 is 0 Å². The number of benzene rings is 2. The maximum absolute atomic E-state index is 14.1. The minimum Gasteiger partial charge on any atom is -0.288 e. The second-order valence-corrected chi connectivity index (χ2v) is 4.86. The number of aryl methyl sites for hydroxylation is 1. The summed E-state index contributed by atoms with van der Waals surface area (Å²) in [5.74, 6) is -0.937. The highest BCUT2D eigenvalue weighted by atomic mass is 19.1. The standard InChI is InChI=1S/C16H13FN2O2/c1-10-5-4-7-12-15(10)18-14(20)9-19(21)16(12)11-6-2-3-8-13(11)17/h2-8,21H,9H2,1H3. The number of hydrogen-bond acceptors (Lipinski definition) is 3. The van der Waals surface area contributed by atoms with Crippen molar-refractivity contribution in [3.63, 3.8) is 0 Å². The first-order chi connectivity index (χ1) is 10.1. The molecule has 0 aliphatic carbocycles. The van der Waals surface area contributed by atoms with Gasteiger partial charge in [0.15, 0.2) is 0 Å². The van der Waals surface area contributed by atoms with Crippen LogP contribution in [0.4, 0.5) is 4.39 Å². The molecule has 0 aromatic heterocycles. The summed E-state index contributed by atoms with van der Waals surface area (Å²) in [7, 11) is 0. The Labute approximate surface area is 120 Å². The van der Waals surface area contributed by atoms with Crippen molar-refractivity contribution >= 4 is 11.6 Å². The van der Waals surface area contributed by atoms with E-state index in [1.165, 1.54) is 6.07 Å². The van der Waals surface area contributed by atoms with Gasteiger partial charge in [-0.3, -0.25) is 10.0 Å². The maximum atomic E-state index is 14.1. The number of amides is 1. The molecule has 1 N–H and O–H groups in total. The zero-order valence-electron chi connectivity index (χ0n) is 11.4. The van der Waals surface area contributed by atoms with Crippen LogP contribution in [-0.4, -0.2) is 22.7 Å². The van der Waals surface area contributed by atoms with Crippen LogP contribution in [0.2, 0.25) is 0 Å². The summed E-state index contributed by atoms with van der Waals surface area (Å²) in [5.41, 5.74) is 1.28. The normalized spacial score (nSPS) is 14.5.